The van der Waals surface area contributed by atoms with Crippen molar-refractivity contribution < 1.29 is 33.8 Å². The molecule has 0 saturated carbocycles. The van der Waals surface area contributed by atoms with Gasteiger partial charge in [0, 0.05) is 0 Å². The van der Waals surface area contributed by atoms with Gasteiger partial charge in [-0.15, -0.1) is 0 Å². The molecule has 0 aliphatic rings. The maximum absolute atomic E-state index is 2.41. The molecule has 0 bridgehead atoms. The van der Waals surface area contributed by atoms with Gasteiger partial charge in [-0.05, 0) is 51.4 Å². The largest absolute Gasteiger partial charge is 1.00 e. The third kappa shape index (κ3) is 40.6. The Morgan fingerprint density at radius 2 is 0.400 bits per heavy atom. The molecule has 0 heterocycles. The first-order chi connectivity index (χ1) is 18.2. The number of unbranched alkanes of at least 4 members (excludes halogenated alkanes) is 20. The summed E-state index contributed by atoms with van der Waals surface area (Å²) in [6.45, 7) is 14.7. The lowest BCUT2D eigenvalue weighted by molar-refractivity contribution is -0.890. The summed E-state index contributed by atoms with van der Waals surface area (Å²) in [7, 11) is 9.66. The Morgan fingerprint density at radius 1 is 0.250 bits per heavy atom. The molecule has 4 heteroatoms. The van der Waals surface area contributed by atoms with Crippen molar-refractivity contribution in [2.75, 3.05) is 54.4 Å². The summed E-state index contributed by atoms with van der Waals surface area (Å²) >= 11 is 0. The lowest BCUT2D eigenvalue weighted by Gasteiger charge is -2.30. The third-order valence-electron chi connectivity index (χ3n) is 8.47. The fraction of sp³-hybridized carbons (Fsp3) is 1.00. The second-order valence-electron chi connectivity index (χ2n) is 13.8. The summed E-state index contributed by atoms with van der Waals surface area (Å²) in [5.74, 6) is 0. The maximum Gasteiger partial charge on any atom is 0.0782 e. The normalized spacial score (nSPS) is 11.4. The van der Waals surface area contributed by atoms with E-state index in [2.05, 4.69) is 55.9 Å². The zero-order valence-corrected chi connectivity index (χ0v) is 31.0. The van der Waals surface area contributed by atoms with E-state index in [0.29, 0.717) is 0 Å². The predicted octanol–water partition coefficient (Wildman–Crippen LogP) is 5.58. The van der Waals surface area contributed by atoms with Crippen molar-refractivity contribution in [2.45, 2.75) is 182 Å². The lowest BCUT2D eigenvalue weighted by atomic mass is 10.1. The first-order valence-electron chi connectivity index (χ1n) is 17.9. The Kier molecular flexibility index (Phi) is 42.3. The van der Waals surface area contributed by atoms with Crippen LogP contribution in [0.15, 0.2) is 0 Å². The molecular weight excluding hydrogens is 531 g/mol. The Hall–Kier alpha value is 0.500. The van der Waals surface area contributed by atoms with Gasteiger partial charge in [-0.1, -0.05) is 130 Å². The Labute approximate surface area is 269 Å². The molecule has 0 spiro atoms. The van der Waals surface area contributed by atoms with Gasteiger partial charge in [0.2, 0.25) is 0 Å². The maximum atomic E-state index is 2.41. The standard InChI is InChI=1S/2C18H40N.2ClH/c2*1-5-7-9-11-13-15-17-19(3,4)18-16-14-12-10-8-6-2;;/h2*5-18H2,1-4H3;2*1H/q2*+1;;/p-2. The number of hydrogen-bond donors (Lipinski definition) is 0. The van der Waals surface area contributed by atoms with E-state index in [1.165, 1.54) is 189 Å². The minimum atomic E-state index is 0. The molecule has 40 heavy (non-hydrogen) atoms. The third-order valence-corrected chi connectivity index (χ3v) is 8.47. The van der Waals surface area contributed by atoms with Crippen LogP contribution in [0.4, 0.5) is 0 Å². The SMILES string of the molecule is CCCCCCCC[N+](C)(C)CCCCCCCC.CCCCCCCC[N+](C)(C)CCCCCCCC.[Cl-].[Cl-]. The van der Waals surface area contributed by atoms with Crippen LogP contribution in [0.3, 0.4) is 0 Å². The van der Waals surface area contributed by atoms with Crippen LogP contribution in [0.2, 0.25) is 0 Å². The molecule has 0 radical (unpaired) electrons. The molecule has 0 atom stereocenters. The van der Waals surface area contributed by atoms with Crippen molar-refractivity contribution >= 4 is 0 Å². The molecule has 0 aliphatic heterocycles. The highest BCUT2D eigenvalue weighted by molar-refractivity contribution is 4.48. The Balaban J connectivity index is -0.000000309. The van der Waals surface area contributed by atoms with Crippen LogP contribution in [0.5, 0.6) is 0 Å². The molecular formula is C36H80Cl2N2. The van der Waals surface area contributed by atoms with Crippen molar-refractivity contribution in [3.05, 3.63) is 0 Å². The van der Waals surface area contributed by atoms with E-state index in [9.17, 15) is 0 Å². The predicted molar refractivity (Wildman–Crippen MR) is 177 cm³/mol. The van der Waals surface area contributed by atoms with Crippen molar-refractivity contribution in [3.63, 3.8) is 0 Å². The second-order valence-corrected chi connectivity index (χ2v) is 13.8. The monoisotopic (exact) mass is 611 g/mol. The molecule has 0 rings (SSSR count). The van der Waals surface area contributed by atoms with Crippen LogP contribution >= 0.6 is 0 Å². The highest BCUT2D eigenvalue weighted by atomic mass is 35.5. The number of rotatable bonds is 28. The zero-order chi connectivity index (χ0) is 28.8. The highest BCUT2D eigenvalue weighted by Gasteiger charge is 2.14. The molecule has 0 aromatic rings. The quantitative estimate of drug-likeness (QED) is 0.0801. The minimum Gasteiger partial charge on any atom is -1.00 e. The van der Waals surface area contributed by atoms with Gasteiger partial charge >= 0.3 is 0 Å². The molecule has 248 valence electrons. The first kappa shape index (κ1) is 47.4. The summed E-state index contributed by atoms with van der Waals surface area (Å²) in [6, 6.07) is 0. The Bertz CT molecular complexity index is 365. The fourth-order valence-corrected chi connectivity index (χ4v) is 5.50. The molecule has 0 unspecified atom stereocenters. The average molecular weight is 612 g/mol. The summed E-state index contributed by atoms with van der Waals surface area (Å²) in [6.07, 6.45) is 34.2. The van der Waals surface area contributed by atoms with Gasteiger partial charge in [0.1, 0.15) is 0 Å². The van der Waals surface area contributed by atoms with E-state index in [1.807, 2.05) is 0 Å². The molecule has 0 amide bonds. The number of quaternary nitrogens is 2. The minimum absolute atomic E-state index is 0. The highest BCUT2D eigenvalue weighted by Crippen LogP contribution is 2.13. The fourth-order valence-electron chi connectivity index (χ4n) is 5.50. The summed E-state index contributed by atoms with van der Waals surface area (Å²) in [5, 5.41) is 0. The molecule has 0 saturated heterocycles. The topological polar surface area (TPSA) is 0 Å². The van der Waals surface area contributed by atoms with E-state index >= 15 is 0 Å². The summed E-state index contributed by atoms with van der Waals surface area (Å²) < 4.78 is 2.48. The molecule has 0 aliphatic carbocycles. The van der Waals surface area contributed by atoms with E-state index < -0.39 is 0 Å². The van der Waals surface area contributed by atoms with Crippen molar-refractivity contribution in [1.82, 2.24) is 0 Å². The van der Waals surface area contributed by atoms with Gasteiger partial charge in [-0.2, -0.15) is 0 Å². The van der Waals surface area contributed by atoms with Crippen molar-refractivity contribution in [3.8, 4) is 0 Å². The number of halogens is 2. The van der Waals surface area contributed by atoms with Crippen molar-refractivity contribution in [2.24, 2.45) is 0 Å². The molecule has 0 aromatic carbocycles. The van der Waals surface area contributed by atoms with Crippen LogP contribution in [-0.2, 0) is 0 Å². The second kappa shape index (κ2) is 35.7. The molecule has 2 nitrogen and oxygen atoms in total. The van der Waals surface area contributed by atoms with Crippen molar-refractivity contribution in [1.29, 1.82) is 0 Å². The van der Waals surface area contributed by atoms with Gasteiger partial charge in [0.25, 0.3) is 0 Å². The molecule has 0 aromatic heterocycles. The number of hydrogen-bond acceptors (Lipinski definition) is 0. The first-order valence-corrected chi connectivity index (χ1v) is 17.9. The van der Waals surface area contributed by atoms with Crippen LogP contribution < -0.4 is 24.8 Å². The van der Waals surface area contributed by atoms with Gasteiger partial charge in [-0.25, -0.2) is 0 Å². The van der Waals surface area contributed by atoms with Crippen LogP contribution in [0, 0.1) is 0 Å². The zero-order valence-electron chi connectivity index (χ0n) is 29.4. The van der Waals surface area contributed by atoms with E-state index in [4.69, 9.17) is 0 Å². The van der Waals surface area contributed by atoms with E-state index in [1.54, 1.807) is 0 Å². The van der Waals surface area contributed by atoms with Gasteiger partial charge in [0.05, 0.1) is 54.4 Å². The lowest BCUT2D eigenvalue weighted by Crippen LogP contribution is -3.00. The molecule has 0 N–H and O–H groups in total. The van der Waals surface area contributed by atoms with Gasteiger partial charge in [-0.3, -0.25) is 0 Å². The van der Waals surface area contributed by atoms with E-state index in [0.717, 1.165) is 0 Å². The summed E-state index contributed by atoms with van der Waals surface area (Å²) in [5.41, 5.74) is 0. The van der Waals surface area contributed by atoms with E-state index in [-0.39, 0.29) is 24.8 Å². The molecule has 0 fully saturated rings. The summed E-state index contributed by atoms with van der Waals surface area (Å²) in [4.78, 5) is 0. The van der Waals surface area contributed by atoms with Crippen LogP contribution in [-0.4, -0.2) is 63.3 Å². The van der Waals surface area contributed by atoms with Gasteiger partial charge in [0.15, 0.2) is 0 Å². The van der Waals surface area contributed by atoms with Crippen LogP contribution in [0.25, 0.3) is 0 Å². The van der Waals surface area contributed by atoms with Gasteiger partial charge < -0.3 is 33.8 Å². The average Bonchev–Trinajstić information content (AvgIpc) is 2.88. The number of nitrogens with zero attached hydrogens (tertiary/aromatic N) is 2. The smallest absolute Gasteiger partial charge is 0.0782 e. The Morgan fingerprint density at radius 3 is 0.575 bits per heavy atom. The van der Waals surface area contributed by atoms with Crippen LogP contribution in [0.1, 0.15) is 182 Å².